The number of sulfone groups is 1. The van der Waals surface area contributed by atoms with E-state index in [9.17, 15) is 30.8 Å². The van der Waals surface area contributed by atoms with Crippen LogP contribution in [0.1, 0.15) is 50.7 Å². The van der Waals surface area contributed by atoms with Crippen LogP contribution in [0.3, 0.4) is 0 Å². The van der Waals surface area contributed by atoms with E-state index >= 15 is 0 Å². The summed E-state index contributed by atoms with van der Waals surface area (Å²) in [7, 11) is -7.40. The molecule has 42 heavy (non-hydrogen) atoms. The van der Waals surface area contributed by atoms with Gasteiger partial charge in [0.05, 0.1) is 30.4 Å². The lowest BCUT2D eigenvalue weighted by atomic mass is 9.80. The van der Waals surface area contributed by atoms with Gasteiger partial charge in [-0.15, -0.1) is 4.40 Å². The first-order valence-corrected chi connectivity index (χ1v) is 17.3. The molecule has 3 aliphatic rings. The number of amides is 1. The Bertz CT molecular complexity index is 1570. The highest BCUT2D eigenvalue weighted by atomic mass is 32.2. The number of benzene rings is 2. The van der Waals surface area contributed by atoms with Gasteiger partial charge in [-0.3, -0.25) is 9.59 Å². The molecule has 2 aromatic rings. The van der Waals surface area contributed by atoms with Crippen molar-refractivity contribution in [2.75, 3.05) is 18.2 Å². The third kappa shape index (κ3) is 7.94. The number of rotatable bonds is 8. The maximum Gasteiger partial charge on any atom is 0.309 e. The molecule has 2 N–H and O–H groups in total. The van der Waals surface area contributed by atoms with Crippen LogP contribution in [0.25, 0.3) is 0 Å². The van der Waals surface area contributed by atoms with Gasteiger partial charge in [0.1, 0.15) is 16.5 Å². The summed E-state index contributed by atoms with van der Waals surface area (Å²) in [5, 5.41) is 5.40. The average Bonchev–Trinajstić information content (AvgIpc) is 3.50. The number of ether oxygens (including phenoxy) is 1. The van der Waals surface area contributed by atoms with Crippen LogP contribution in [0.5, 0.6) is 0 Å². The Morgan fingerprint density at radius 1 is 1.10 bits per heavy atom. The molecule has 10 nitrogen and oxygen atoms in total. The van der Waals surface area contributed by atoms with Crippen LogP contribution in [0.15, 0.2) is 51.8 Å². The fraction of sp³-hybridized carbons (Fsp3) is 0.483. The van der Waals surface area contributed by atoms with Gasteiger partial charge < -0.3 is 15.4 Å². The monoisotopic (exact) mass is 621 g/mol. The largest absolute Gasteiger partial charge is 0.466 e. The highest BCUT2D eigenvalue weighted by Crippen LogP contribution is 2.52. The molecule has 1 heterocycles. The lowest BCUT2D eigenvalue weighted by molar-refractivity contribution is -0.151. The summed E-state index contributed by atoms with van der Waals surface area (Å²) in [6.45, 7) is 4.78. The predicted octanol–water partition coefficient (Wildman–Crippen LogP) is 3.82. The number of carbonyl (C=O) groups excluding carboxylic acids is 2. The van der Waals surface area contributed by atoms with Crippen molar-refractivity contribution in [2.24, 2.45) is 28.1 Å². The van der Waals surface area contributed by atoms with Crippen molar-refractivity contribution in [1.29, 1.82) is 0 Å². The van der Waals surface area contributed by atoms with E-state index in [1.54, 1.807) is 0 Å². The highest BCUT2D eigenvalue weighted by molar-refractivity contribution is 7.90. The zero-order valence-corrected chi connectivity index (χ0v) is 25.4. The number of esters is 1. The predicted molar refractivity (Wildman–Crippen MR) is 156 cm³/mol. The Kier molecular flexibility index (Phi) is 9.71. The zero-order chi connectivity index (χ0) is 30.7. The summed E-state index contributed by atoms with van der Waals surface area (Å²) >= 11 is 0. The molecule has 0 radical (unpaired) electrons. The molecule has 2 saturated carbocycles. The molecule has 2 bridgehead atoms. The second-order valence-corrected chi connectivity index (χ2v) is 14.8. The molecular formula is C29H36FN3O7S2. The first-order valence-electron chi connectivity index (χ1n) is 13.8. The molecule has 0 unspecified atom stereocenters. The van der Waals surface area contributed by atoms with Gasteiger partial charge in [-0.2, -0.15) is 8.42 Å². The number of sulfonamides is 1. The van der Waals surface area contributed by atoms with Crippen molar-refractivity contribution < 1.29 is 35.6 Å². The van der Waals surface area contributed by atoms with Crippen LogP contribution in [-0.4, -0.2) is 47.4 Å². The number of carbonyl (C=O) groups is 2. The van der Waals surface area contributed by atoms with Gasteiger partial charge in [-0.1, -0.05) is 25.1 Å². The lowest BCUT2D eigenvalue weighted by Crippen LogP contribution is -2.30. The molecule has 13 heteroatoms. The Labute approximate surface area is 246 Å². The second kappa shape index (κ2) is 12.9. The summed E-state index contributed by atoms with van der Waals surface area (Å²) in [6.07, 6.45) is 4.61. The normalized spacial score (nSPS) is 23.5. The van der Waals surface area contributed by atoms with E-state index in [4.69, 9.17) is 4.74 Å². The summed E-state index contributed by atoms with van der Waals surface area (Å²) in [5.74, 6) is 1.09. The lowest BCUT2D eigenvalue weighted by Gasteiger charge is -2.26. The number of nitrogens with zero attached hydrogens (tertiary/aromatic N) is 1. The SMILES string of the molecule is CCOC(=O)[C@@H]1[C@H]2CC[C@H](C2)[C@@H]1C.CS(=O)(=O)Cc1ccc2c(c1)S(=O)(=O)N=C(CC(=O)NCc1ccc(F)cc1)N2. The minimum absolute atomic E-state index is 0.0510. The Morgan fingerprint density at radius 3 is 2.38 bits per heavy atom. The molecule has 2 aliphatic carbocycles. The number of fused-ring (bicyclic) bond motifs is 3. The van der Waals surface area contributed by atoms with Crippen LogP contribution in [0.2, 0.25) is 0 Å². The van der Waals surface area contributed by atoms with Gasteiger partial charge in [0.2, 0.25) is 5.91 Å². The Morgan fingerprint density at radius 2 is 1.76 bits per heavy atom. The molecular weight excluding hydrogens is 585 g/mol. The standard InChI is InChI=1S/C18H18FN3O5S2.C11H18O2/c1-28(24,25)11-13-4-7-15-16(8-13)29(26,27)22-17(21-15)9-18(23)20-10-12-2-5-14(19)6-3-12;1-3-13-11(12)10-7(2)8-4-5-9(10)6-8/h2-8H,9-11H2,1H3,(H,20,23)(H,21,22);7-10H,3-6H2,1-2H3/t;7-,8+,9-,10-/m.0/s1. The van der Waals surface area contributed by atoms with Gasteiger partial charge in [0.25, 0.3) is 10.0 Å². The minimum Gasteiger partial charge on any atom is -0.466 e. The quantitative estimate of drug-likeness (QED) is 0.423. The minimum atomic E-state index is -4.08. The average molecular weight is 622 g/mol. The van der Waals surface area contributed by atoms with Gasteiger partial charge in [0.15, 0.2) is 9.84 Å². The van der Waals surface area contributed by atoms with Crippen molar-refractivity contribution in [2.45, 2.75) is 56.7 Å². The Balaban J connectivity index is 0.000000258. The van der Waals surface area contributed by atoms with E-state index in [0.717, 1.165) is 12.2 Å². The molecule has 5 rings (SSSR count). The summed E-state index contributed by atoms with van der Waals surface area (Å²) < 4.78 is 69.4. The first kappa shape index (κ1) is 31.6. The molecule has 0 spiro atoms. The van der Waals surface area contributed by atoms with Crippen molar-refractivity contribution >= 4 is 43.3 Å². The van der Waals surface area contributed by atoms with E-state index in [-0.39, 0.29) is 52.8 Å². The second-order valence-electron chi connectivity index (χ2n) is 11.1. The third-order valence-corrected chi connectivity index (χ3v) is 10.1. The maximum absolute atomic E-state index is 12.9. The topological polar surface area (TPSA) is 148 Å². The molecule has 228 valence electrons. The molecule has 4 atom stereocenters. The Hall–Kier alpha value is -3.32. The van der Waals surface area contributed by atoms with Gasteiger partial charge in [-0.05, 0) is 79.3 Å². The molecule has 0 aromatic heterocycles. The van der Waals surface area contributed by atoms with E-state index < -0.39 is 25.8 Å². The number of hydrogen-bond acceptors (Lipinski definition) is 8. The smallest absolute Gasteiger partial charge is 0.309 e. The molecule has 2 aromatic carbocycles. The van der Waals surface area contributed by atoms with Crippen LogP contribution < -0.4 is 10.6 Å². The molecule has 1 aliphatic heterocycles. The zero-order valence-electron chi connectivity index (χ0n) is 23.8. The molecule has 2 fully saturated rings. The van der Waals surface area contributed by atoms with Gasteiger partial charge in [0, 0.05) is 12.8 Å². The van der Waals surface area contributed by atoms with E-state index in [1.807, 2.05) is 6.92 Å². The van der Waals surface area contributed by atoms with Crippen LogP contribution >= 0.6 is 0 Å². The third-order valence-electron chi connectivity index (χ3n) is 7.88. The fourth-order valence-corrected chi connectivity index (χ4v) is 7.95. The van der Waals surface area contributed by atoms with E-state index in [2.05, 4.69) is 22.0 Å². The van der Waals surface area contributed by atoms with Crippen LogP contribution in [0, 0.1) is 29.5 Å². The van der Waals surface area contributed by atoms with E-state index in [1.165, 1.54) is 61.7 Å². The summed E-state index contributed by atoms with van der Waals surface area (Å²) in [6, 6.07) is 9.80. The highest BCUT2D eigenvalue weighted by Gasteiger charge is 2.49. The fourth-order valence-electron chi connectivity index (χ4n) is 5.97. The number of amidine groups is 1. The van der Waals surface area contributed by atoms with Gasteiger partial charge in [-0.25, -0.2) is 12.8 Å². The maximum atomic E-state index is 12.9. The number of hydrogen-bond donors (Lipinski definition) is 2. The first-order chi connectivity index (χ1) is 19.8. The summed E-state index contributed by atoms with van der Waals surface area (Å²) in [4.78, 5) is 23.6. The van der Waals surface area contributed by atoms with Crippen molar-refractivity contribution in [3.8, 4) is 0 Å². The van der Waals surface area contributed by atoms with Crippen LogP contribution in [0.4, 0.5) is 10.1 Å². The number of anilines is 1. The number of halogens is 1. The van der Waals surface area contributed by atoms with Crippen molar-refractivity contribution in [3.05, 3.63) is 59.4 Å². The molecule has 1 amide bonds. The van der Waals surface area contributed by atoms with Crippen LogP contribution in [-0.2, 0) is 46.5 Å². The van der Waals surface area contributed by atoms with Crippen molar-refractivity contribution in [1.82, 2.24) is 5.32 Å². The molecule has 0 saturated heterocycles. The van der Waals surface area contributed by atoms with Crippen molar-refractivity contribution in [3.63, 3.8) is 0 Å². The summed E-state index contributed by atoms with van der Waals surface area (Å²) in [5.41, 5.74) is 1.24. The number of nitrogens with one attached hydrogen (secondary N) is 2. The van der Waals surface area contributed by atoms with Gasteiger partial charge >= 0.3 is 5.97 Å². The van der Waals surface area contributed by atoms with E-state index in [0.29, 0.717) is 29.6 Å².